The molecule has 2 aliphatic heterocycles. The largest absolute Gasteiger partial charge is 0.331 e. The molecule has 0 aliphatic carbocycles. The van der Waals surface area contributed by atoms with E-state index in [9.17, 15) is 19.2 Å². The number of unbranched alkanes of at least 4 members (excludes halogenated alkanes) is 1. The van der Waals surface area contributed by atoms with E-state index in [1.54, 1.807) is 39.1 Å². The summed E-state index contributed by atoms with van der Waals surface area (Å²) in [5.41, 5.74) is 2.27. The lowest BCUT2D eigenvalue weighted by molar-refractivity contribution is -0.124. The summed E-state index contributed by atoms with van der Waals surface area (Å²) in [6, 6.07) is 12.0. The number of nitrogens with zero attached hydrogens (tertiary/aromatic N) is 2. The lowest BCUT2D eigenvalue weighted by atomic mass is 10.2. The number of rotatable bonds is 2. The van der Waals surface area contributed by atoms with Crippen LogP contribution < -0.4 is 10.2 Å². The van der Waals surface area contributed by atoms with Crippen molar-refractivity contribution in [1.82, 2.24) is 10.2 Å². The Hall–Kier alpha value is -2.94. The van der Waals surface area contributed by atoms with Crippen LogP contribution in [0.4, 0.5) is 10.5 Å². The predicted octanol–water partition coefficient (Wildman–Crippen LogP) is 8.52. The maximum atomic E-state index is 11.9. The molecule has 41 heavy (non-hydrogen) atoms. The second-order valence-corrected chi connectivity index (χ2v) is 10.7. The van der Waals surface area contributed by atoms with E-state index in [2.05, 4.69) is 60.7 Å². The summed E-state index contributed by atoms with van der Waals surface area (Å²) in [5.74, 6) is -0.730. The van der Waals surface area contributed by atoms with Gasteiger partial charge in [0.05, 0.1) is 12.1 Å². The number of amides is 5. The van der Waals surface area contributed by atoms with Crippen molar-refractivity contribution in [2.24, 2.45) is 0 Å². The van der Waals surface area contributed by atoms with Crippen LogP contribution in [0.3, 0.4) is 0 Å². The summed E-state index contributed by atoms with van der Waals surface area (Å²) in [7, 11) is 1.58. The number of benzene rings is 2. The van der Waals surface area contributed by atoms with Gasteiger partial charge in [-0.1, -0.05) is 95.7 Å². The van der Waals surface area contributed by atoms with Crippen LogP contribution in [0.25, 0.3) is 0 Å². The molecule has 2 fully saturated rings. The highest BCUT2D eigenvalue weighted by Crippen LogP contribution is 2.29. The number of hydrogen-bond donors (Lipinski definition) is 1. The molecule has 1 atom stereocenters. The standard InChI is InChI=1S/C11H10Cl2N2O2.C7H7Br.C6H7NO2.C4H10.C3H6/c1-6-10(16)15(11(17)14(6)2)9-4-7(12)3-8(13)5-9;1-6-2-4-7(8)5-3-6;1-2-4-3-5(8)7-6(4)9;1-3-4-2;1-3-2/h3-6H,1-2H3;2-5H,1H3;2H,3H2,1H3,(H,7,8,9);3-4H2,1-2H3;3H,1H2,2H3/b;;4-2+;;/t6-;;;;/m0..../s1. The second kappa shape index (κ2) is 20.0. The molecule has 0 aromatic heterocycles. The van der Waals surface area contributed by atoms with Gasteiger partial charge in [0.15, 0.2) is 0 Å². The molecule has 0 radical (unpaired) electrons. The Bertz CT molecular complexity index is 1150. The minimum Gasteiger partial charge on any atom is -0.315 e. The van der Waals surface area contributed by atoms with Gasteiger partial charge in [-0.2, -0.15) is 0 Å². The first kappa shape index (κ1) is 38.1. The van der Waals surface area contributed by atoms with Gasteiger partial charge in [0, 0.05) is 27.1 Å². The van der Waals surface area contributed by atoms with Crippen molar-refractivity contribution in [3.63, 3.8) is 0 Å². The average molecular weight is 669 g/mol. The van der Waals surface area contributed by atoms with E-state index in [4.69, 9.17) is 23.2 Å². The van der Waals surface area contributed by atoms with Crippen LogP contribution >= 0.6 is 39.1 Å². The van der Waals surface area contributed by atoms with Gasteiger partial charge in [0.25, 0.3) is 11.8 Å². The van der Waals surface area contributed by atoms with Gasteiger partial charge in [-0.3, -0.25) is 19.7 Å². The molecule has 1 N–H and O–H groups in total. The first-order chi connectivity index (χ1) is 19.3. The first-order valence-electron chi connectivity index (χ1n) is 13.1. The molecule has 5 amide bonds. The summed E-state index contributed by atoms with van der Waals surface area (Å²) < 4.78 is 1.14. The summed E-state index contributed by atoms with van der Waals surface area (Å²) in [6.45, 7) is 15.1. The van der Waals surface area contributed by atoms with Crippen molar-refractivity contribution < 1.29 is 19.2 Å². The number of urea groups is 1. The van der Waals surface area contributed by atoms with Crippen LogP contribution in [0.15, 0.2) is 71.2 Å². The van der Waals surface area contributed by atoms with Crippen molar-refractivity contribution in [2.45, 2.75) is 66.8 Å². The highest BCUT2D eigenvalue weighted by Gasteiger charge is 2.41. The zero-order chi connectivity index (χ0) is 31.7. The van der Waals surface area contributed by atoms with Crippen molar-refractivity contribution >= 4 is 68.6 Å². The monoisotopic (exact) mass is 667 g/mol. The molecular formula is C31H40BrCl2N3O4. The zero-order valence-corrected chi connectivity index (χ0v) is 27.9. The predicted molar refractivity (Wildman–Crippen MR) is 173 cm³/mol. The minimum absolute atomic E-state index is 0.201. The van der Waals surface area contributed by atoms with Gasteiger partial charge >= 0.3 is 6.03 Å². The van der Waals surface area contributed by atoms with Crippen LogP contribution in [0, 0.1) is 6.92 Å². The van der Waals surface area contributed by atoms with Gasteiger partial charge in [-0.05, 0) is 58.0 Å². The zero-order valence-electron chi connectivity index (χ0n) is 24.8. The Kier molecular flexibility index (Phi) is 18.6. The summed E-state index contributed by atoms with van der Waals surface area (Å²) in [6.07, 6.45) is 6.29. The number of nitrogens with one attached hydrogen (secondary N) is 1. The highest BCUT2D eigenvalue weighted by atomic mass is 79.9. The normalized spacial score (nSPS) is 16.3. The SMILES string of the molecule is C/C=C1\CC(=O)NC1=O.C=CC.CCCC.C[C@H]1C(=O)N(c2cc(Cl)cc(Cl)c2)C(=O)N1C.Cc1ccc(Br)cc1. The van der Waals surface area contributed by atoms with Crippen molar-refractivity contribution in [3.05, 3.63) is 86.9 Å². The second-order valence-electron chi connectivity index (χ2n) is 8.94. The van der Waals surface area contributed by atoms with E-state index in [1.807, 2.05) is 19.1 Å². The van der Waals surface area contributed by atoms with Crippen molar-refractivity contribution in [3.8, 4) is 0 Å². The third kappa shape index (κ3) is 13.5. The third-order valence-corrected chi connectivity index (χ3v) is 6.48. The minimum atomic E-state index is -0.472. The topological polar surface area (TPSA) is 86.8 Å². The fourth-order valence-corrected chi connectivity index (χ4v) is 3.73. The molecular weight excluding hydrogens is 629 g/mol. The highest BCUT2D eigenvalue weighted by molar-refractivity contribution is 9.10. The Labute approximate surface area is 262 Å². The van der Waals surface area contributed by atoms with Crippen LogP contribution in [0.5, 0.6) is 0 Å². The number of imide groups is 2. The van der Waals surface area contributed by atoms with E-state index in [0.717, 1.165) is 9.37 Å². The number of likely N-dealkylation sites (N-methyl/N-ethyl adjacent to an activating group) is 1. The molecule has 0 bridgehead atoms. The van der Waals surface area contributed by atoms with Crippen LogP contribution in [-0.2, 0) is 14.4 Å². The summed E-state index contributed by atoms with van der Waals surface area (Å²) in [4.78, 5) is 47.3. The first-order valence-corrected chi connectivity index (χ1v) is 14.7. The average Bonchev–Trinajstić information content (AvgIpc) is 3.35. The fraction of sp³-hybridized carbons (Fsp3) is 0.355. The summed E-state index contributed by atoms with van der Waals surface area (Å²) in [5, 5.41) is 2.94. The lowest BCUT2D eigenvalue weighted by Crippen LogP contribution is -2.31. The fourth-order valence-electron chi connectivity index (χ4n) is 2.95. The molecule has 0 unspecified atom stereocenters. The number of anilines is 1. The van der Waals surface area contributed by atoms with E-state index >= 15 is 0 Å². The van der Waals surface area contributed by atoms with E-state index in [0.29, 0.717) is 21.3 Å². The van der Waals surface area contributed by atoms with Crippen molar-refractivity contribution in [1.29, 1.82) is 0 Å². The Morgan fingerprint density at radius 3 is 1.78 bits per heavy atom. The Balaban J connectivity index is 0.000000563. The maximum absolute atomic E-state index is 11.9. The number of hydrogen-bond acceptors (Lipinski definition) is 4. The Morgan fingerprint density at radius 2 is 1.49 bits per heavy atom. The molecule has 7 nitrogen and oxygen atoms in total. The van der Waals surface area contributed by atoms with E-state index < -0.39 is 6.04 Å². The summed E-state index contributed by atoms with van der Waals surface area (Å²) >= 11 is 15.0. The van der Waals surface area contributed by atoms with Crippen LogP contribution in [0.1, 0.15) is 59.4 Å². The van der Waals surface area contributed by atoms with Crippen molar-refractivity contribution in [2.75, 3.05) is 11.9 Å². The molecule has 2 aromatic rings. The van der Waals surface area contributed by atoms with Crippen LogP contribution in [-0.4, -0.2) is 41.7 Å². The number of aryl methyl sites for hydroxylation is 1. The smallest absolute Gasteiger partial charge is 0.315 e. The molecule has 0 spiro atoms. The molecule has 2 aromatic carbocycles. The number of carbonyl (C=O) groups excluding carboxylic acids is 4. The molecule has 10 heteroatoms. The number of carbonyl (C=O) groups is 4. The van der Waals surface area contributed by atoms with E-state index in [1.165, 1.54) is 35.4 Å². The molecule has 224 valence electrons. The van der Waals surface area contributed by atoms with Gasteiger partial charge in [0.2, 0.25) is 5.91 Å². The van der Waals surface area contributed by atoms with Gasteiger partial charge in [-0.25, -0.2) is 9.69 Å². The van der Waals surface area contributed by atoms with Gasteiger partial charge in [-0.15, -0.1) is 6.58 Å². The molecule has 2 saturated heterocycles. The number of halogens is 3. The molecule has 4 rings (SSSR count). The number of allylic oxidation sites excluding steroid dienone is 2. The molecule has 0 saturated carbocycles. The van der Waals surface area contributed by atoms with Gasteiger partial charge < -0.3 is 4.90 Å². The molecule has 2 aliphatic rings. The quantitative estimate of drug-likeness (QED) is 0.150. The molecule has 2 heterocycles. The van der Waals surface area contributed by atoms with E-state index in [-0.39, 0.29) is 30.2 Å². The third-order valence-electron chi connectivity index (χ3n) is 5.51. The maximum Gasteiger partial charge on any atom is 0.331 e. The van der Waals surface area contributed by atoms with Gasteiger partial charge in [0.1, 0.15) is 6.04 Å². The van der Waals surface area contributed by atoms with Crippen LogP contribution in [0.2, 0.25) is 10.0 Å². The Morgan fingerprint density at radius 1 is 1.00 bits per heavy atom. The lowest BCUT2D eigenvalue weighted by Gasteiger charge is -2.14.